The number of rotatable bonds is 5. The first-order valence-electron chi connectivity index (χ1n) is 10.1. The lowest BCUT2D eigenvalue weighted by Gasteiger charge is -2.38. The number of anilines is 1. The number of nitrogens with one attached hydrogen (secondary N) is 1. The molecule has 2 saturated heterocycles. The zero-order chi connectivity index (χ0) is 19.2. The molecule has 0 aliphatic carbocycles. The van der Waals surface area contributed by atoms with E-state index in [2.05, 4.69) is 15.2 Å². The predicted octanol–water partition coefficient (Wildman–Crippen LogP) is 3.70. The summed E-state index contributed by atoms with van der Waals surface area (Å²) in [4.78, 5) is 19.4. The van der Waals surface area contributed by atoms with Crippen LogP contribution in [0, 0.1) is 5.92 Å². The Morgan fingerprint density at radius 2 is 1.79 bits per heavy atom. The van der Waals surface area contributed by atoms with Gasteiger partial charge in [0.2, 0.25) is 11.8 Å². The third kappa shape index (κ3) is 4.88. The molecule has 148 valence electrons. The van der Waals surface area contributed by atoms with E-state index in [1.54, 1.807) is 12.3 Å². The van der Waals surface area contributed by atoms with Crippen LogP contribution in [0.2, 0.25) is 0 Å². The highest BCUT2D eigenvalue weighted by Gasteiger charge is 2.29. The van der Waals surface area contributed by atoms with Crippen LogP contribution in [0.1, 0.15) is 25.7 Å². The summed E-state index contributed by atoms with van der Waals surface area (Å²) in [6, 6.07) is 13.8. The number of carbonyl (C=O) groups excluding carboxylic acids is 1. The monoisotopic (exact) mass is 381 g/mol. The maximum Gasteiger partial charge on any atom is 0.227 e. The second kappa shape index (κ2) is 9.17. The van der Waals surface area contributed by atoms with Crippen LogP contribution in [0.5, 0.6) is 11.6 Å². The van der Waals surface area contributed by atoms with E-state index >= 15 is 0 Å². The summed E-state index contributed by atoms with van der Waals surface area (Å²) in [5.41, 5.74) is 0.706. The number of pyridine rings is 1. The largest absolute Gasteiger partial charge is 0.439 e. The number of amides is 1. The first-order valence-corrected chi connectivity index (χ1v) is 10.1. The van der Waals surface area contributed by atoms with Crippen LogP contribution >= 0.6 is 0 Å². The second-order valence-corrected chi connectivity index (χ2v) is 7.44. The van der Waals surface area contributed by atoms with Crippen molar-refractivity contribution in [3.05, 3.63) is 48.7 Å². The summed E-state index contributed by atoms with van der Waals surface area (Å²) in [5.74, 6) is 1.40. The summed E-state index contributed by atoms with van der Waals surface area (Å²) >= 11 is 0. The van der Waals surface area contributed by atoms with Crippen molar-refractivity contribution >= 4 is 11.6 Å². The third-order valence-corrected chi connectivity index (χ3v) is 5.58. The fourth-order valence-electron chi connectivity index (χ4n) is 3.95. The molecule has 6 nitrogen and oxygen atoms in total. The highest BCUT2D eigenvalue weighted by atomic mass is 16.5. The number of likely N-dealkylation sites (tertiary alicyclic amines) is 1. The normalized spacial score (nSPS) is 19.3. The lowest BCUT2D eigenvalue weighted by atomic mass is 9.93. The minimum absolute atomic E-state index is 0.0661. The zero-order valence-electron chi connectivity index (χ0n) is 16.0. The highest BCUT2D eigenvalue weighted by Crippen LogP contribution is 2.25. The molecule has 3 heterocycles. The number of aromatic nitrogens is 1. The number of hydrogen-bond donors (Lipinski definition) is 1. The van der Waals surface area contributed by atoms with Crippen molar-refractivity contribution in [1.82, 2.24) is 9.88 Å². The standard InChI is InChI=1S/C22H27N3O3/c26-22(17-8-12-25(13-9-17)19-10-14-27-15-11-19)24-18-6-7-21(23-16-18)28-20-4-2-1-3-5-20/h1-7,16-17,19H,8-15H2,(H,24,26). The van der Waals surface area contributed by atoms with E-state index in [0.29, 0.717) is 17.6 Å². The van der Waals surface area contributed by atoms with Crippen molar-refractivity contribution in [3.63, 3.8) is 0 Å². The second-order valence-electron chi connectivity index (χ2n) is 7.44. The smallest absolute Gasteiger partial charge is 0.227 e. The van der Waals surface area contributed by atoms with E-state index in [1.165, 1.54) is 0 Å². The Hall–Kier alpha value is -2.44. The number of piperidine rings is 1. The van der Waals surface area contributed by atoms with E-state index in [-0.39, 0.29) is 11.8 Å². The van der Waals surface area contributed by atoms with Gasteiger partial charge >= 0.3 is 0 Å². The molecule has 28 heavy (non-hydrogen) atoms. The fourth-order valence-corrected chi connectivity index (χ4v) is 3.95. The maximum absolute atomic E-state index is 12.6. The summed E-state index contributed by atoms with van der Waals surface area (Å²) < 4.78 is 11.1. The Labute approximate surface area is 165 Å². The molecule has 0 bridgehead atoms. The molecule has 2 aliphatic rings. The van der Waals surface area contributed by atoms with Gasteiger partial charge in [0.1, 0.15) is 5.75 Å². The molecule has 2 aliphatic heterocycles. The SMILES string of the molecule is O=C(Nc1ccc(Oc2ccccc2)nc1)C1CCN(C2CCOCC2)CC1. The quantitative estimate of drug-likeness (QED) is 0.856. The van der Waals surface area contributed by atoms with E-state index in [1.807, 2.05) is 36.4 Å². The average Bonchev–Trinajstić information content (AvgIpc) is 2.76. The van der Waals surface area contributed by atoms with Crippen molar-refractivity contribution in [3.8, 4) is 11.6 Å². The Kier molecular flexibility index (Phi) is 6.19. The van der Waals surface area contributed by atoms with Gasteiger partial charge in [0.15, 0.2) is 0 Å². The van der Waals surface area contributed by atoms with Gasteiger partial charge in [0, 0.05) is 31.2 Å². The molecule has 0 saturated carbocycles. The third-order valence-electron chi connectivity index (χ3n) is 5.58. The van der Waals surface area contributed by atoms with Crippen molar-refractivity contribution in [2.75, 3.05) is 31.6 Å². The minimum Gasteiger partial charge on any atom is -0.439 e. The van der Waals surface area contributed by atoms with Crippen LogP contribution in [-0.2, 0) is 9.53 Å². The molecule has 1 aromatic carbocycles. The van der Waals surface area contributed by atoms with Gasteiger partial charge in [-0.25, -0.2) is 4.98 Å². The van der Waals surface area contributed by atoms with E-state index in [0.717, 1.165) is 57.7 Å². The summed E-state index contributed by atoms with van der Waals surface area (Å²) in [6.07, 6.45) is 5.69. The van der Waals surface area contributed by atoms with Crippen molar-refractivity contribution in [2.45, 2.75) is 31.7 Å². The Balaban J connectivity index is 1.26. The molecule has 0 atom stereocenters. The number of ether oxygens (including phenoxy) is 2. The molecular formula is C22H27N3O3. The minimum atomic E-state index is 0.0661. The number of nitrogens with zero attached hydrogens (tertiary/aromatic N) is 2. The molecule has 1 N–H and O–H groups in total. The molecule has 2 aromatic rings. The van der Waals surface area contributed by atoms with Crippen molar-refractivity contribution in [1.29, 1.82) is 0 Å². The van der Waals surface area contributed by atoms with E-state index in [9.17, 15) is 4.79 Å². The Morgan fingerprint density at radius 3 is 2.46 bits per heavy atom. The number of benzene rings is 1. The molecule has 2 fully saturated rings. The topological polar surface area (TPSA) is 63.7 Å². The molecule has 1 amide bonds. The highest BCUT2D eigenvalue weighted by molar-refractivity contribution is 5.92. The average molecular weight is 381 g/mol. The zero-order valence-corrected chi connectivity index (χ0v) is 16.0. The van der Waals surface area contributed by atoms with Gasteiger partial charge in [0.25, 0.3) is 0 Å². The van der Waals surface area contributed by atoms with Gasteiger partial charge in [0.05, 0.1) is 11.9 Å². The van der Waals surface area contributed by atoms with Crippen LogP contribution in [0.4, 0.5) is 5.69 Å². The number of hydrogen-bond acceptors (Lipinski definition) is 5. The summed E-state index contributed by atoms with van der Waals surface area (Å²) in [7, 11) is 0. The lowest BCUT2D eigenvalue weighted by Crippen LogP contribution is -2.45. The summed E-state index contributed by atoms with van der Waals surface area (Å²) in [5, 5.41) is 3.00. The molecule has 4 rings (SSSR count). The van der Waals surface area contributed by atoms with E-state index < -0.39 is 0 Å². The number of para-hydroxylation sites is 1. The first kappa shape index (κ1) is 18.9. The Bertz CT molecular complexity index is 752. The van der Waals surface area contributed by atoms with Crippen molar-refractivity contribution < 1.29 is 14.3 Å². The molecule has 1 aromatic heterocycles. The van der Waals surface area contributed by atoms with Crippen LogP contribution in [0.15, 0.2) is 48.7 Å². The van der Waals surface area contributed by atoms with Gasteiger partial charge in [-0.3, -0.25) is 4.79 Å². The van der Waals surface area contributed by atoms with Gasteiger partial charge < -0.3 is 19.7 Å². The molecular weight excluding hydrogens is 354 g/mol. The Morgan fingerprint density at radius 1 is 1.04 bits per heavy atom. The van der Waals surface area contributed by atoms with Gasteiger partial charge in [-0.1, -0.05) is 18.2 Å². The molecule has 0 unspecified atom stereocenters. The first-order chi connectivity index (χ1) is 13.8. The van der Waals surface area contributed by atoms with Crippen LogP contribution in [-0.4, -0.2) is 48.1 Å². The van der Waals surface area contributed by atoms with E-state index in [4.69, 9.17) is 9.47 Å². The lowest BCUT2D eigenvalue weighted by molar-refractivity contribution is -0.121. The van der Waals surface area contributed by atoms with Crippen LogP contribution in [0.25, 0.3) is 0 Å². The fraction of sp³-hybridized carbons (Fsp3) is 0.455. The van der Waals surface area contributed by atoms with Gasteiger partial charge in [-0.15, -0.1) is 0 Å². The van der Waals surface area contributed by atoms with Crippen LogP contribution < -0.4 is 10.1 Å². The number of carbonyl (C=O) groups is 1. The molecule has 0 radical (unpaired) electrons. The van der Waals surface area contributed by atoms with Gasteiger partial charge in [-0.2, -0.15) is 0 Å². The summed E-state index contributed by atoms with van der Waals surface area (Å²) in [6.45, 7) is 3.71. The molecule has 0 spiro atoms. The molecule has 6 heteroatoms. The van der Waals surface area contributed by atoms with Crippen molar-refractivity contribution in [2.24, 2.45) is 5.92 Å². The maximum atomic E-state index is 12.6. The van der Waals surface area contributed by atoms with Crippen LogP contribution in [0.3, 0.4) is 0 Å². The predicted molar refractivity (Wildman–Crippen MR) is 108 cm³/mol. The van der Waals surface area contributed by atoms with Gasteiger partial charge in [-0.05, 0) is 57.0 Å².